The van der Waals surface area contributed by atoms with Crippen LogP contribution in [0.25, 0.3) is 0 Å². The number of benzene rings is 3. The maximum Gasteiger partial charge on any atom is 0.242 e. The van der Waals surface area contributed by atoms with E-state index in [2.05, 4.69) is 5.32 Å². The van der Waals surface area contributed by atoms with Crippen LogP contribution in [0.4, 0.5) is 0 Å². The smallest absolute Gasteiger partial charge is 0.242 e. The van der Waals surface area contributed by atoms with Crippen molar-refractivity contribution in [2.75, 3.05) is 7.05 Å². The molecule has 0 radical (unpaired) electrons. The van der Waals surface area contributed by atoms with E-state index in [9.17, 15) is 9.59 Å². The predicted octanol–water partition coefficient (Wildman–Crippen LogP) is 4.89. The van der Waals surface area contributed by atoms with Crippen molar-refractivity contribution in [1.29, 1.82) is 0 Å². The Balaban J connectivity index is 1.95. The van der Waals surface area contributed by atoms with Crippen LogP contribution in [0.15, 0.2) is 72.8 Å². The monoisotopic (exact) mass is 448 g/mol. The summed E-state index contributed by atoms with van der Waals surface area (Å²) in [7, 11) is 1.60. The molecule has 1 unspecified atom stereocenters. The van der Waals surface area contributed by atoms with E-state index in [1.54, 1.807) is 18.0 Å². The molecule has 2 amide bonds. The fourth-order valence-electron chi connectivity index (χ4n) is 3.74. The molecule has 3 aromatic carbocycles. The van der Waals surface area contributed by atoms with Crippen molar-refractivity contribution in [1.82, 2.24) is 10.2 Å². The Morgan fingerprint density at radius 2 is 1.59 bits per heavy atom. The fraction of sp³-hybridized carbons (Fsp3) is 0.259. The molecule has 32 heavy (non-hydrogen) atoms. The van der Waals surface area contributed by atoms with Crippen LogP contribution in [0.2, 0.25) is 5.02 Å². The number of carbonyl (C=O) groups is 2. The number of likely N-dealkylation sites (N-methyl/N-ethyl adjacent to an activating group) is 1. The molecule has 0 aliphatic rings. The summed E-state index contributed by atoms with van der Waals surface area (Å²) in [4.78, 5) is 28.2. The number of amides is 2. The van der Waals surface area contributed by atoms with E-state index < -0.39 is 6.04 Å². The average Bonchev–Trinajstić information content (AvgIpc) is 2.79. The van der Waals surface area contributed by atoms with Gasteiger partial charge in [0.25, 0.3) is 0 Å². The molecule has 3 rings (SSSR count). The lowest BCUT2D eigenvalue weighted by molar-refractivity contribution is -0.140. The Bertz CT molecular complexity index is 1080. The Kier molecular flexibility index (Phi) is 8.07. The topological polar surface area (TPSA) is 49.4 Å². The fourth-order valence-corrected chi connectivity index (χ4v) is 3.96. The number of hydrogen-bond acceptors (Lipinski definition) is 2. The number of hydrogen-bond donors (Lipinski definition) is 1. The lowest BCUT2D eigenvalue weighted by atomic mass is 10.0. The summed E-state index contributed by atoms with van der Waals surface area (Å²) in [5.41, 5.74) is 5.14. The van der Waals surface area contributed by atoms with E-state index in [0.29, 0.717) is 18.0 Å². The summed E-state index contributed by atoms with van der Waals surface area (Å²) < 4.78 is 0. The van der Waals surface area contributed by atoms with Crippen LogP contribution in [0.1, 0.15) is 27.8 Å². The van der Waals surface area contributed by atoms with Gasteiger partial charge in [-0.2, -0.15) is 0 Å². The summed E-state index contributed by atoms with van der Waals surface area (Å²) >= 11 is 6.19. The van der Waals surface area contributed by atoms with Gasteiger partial charge in [-0.3, -0.25) is 9.59 Å². The molecule has 4 nitrogen and oxygen atoms in total. The van der Waals surface area contributed by atoms with Crippen LogP contribution >= 0.6 is 11.6 Å². The van der Waals surface area contributed by atoms with Gasteiger partial charge in [0.05, 0.1) is 6.42 Å². The zero-order valence-electron chi connectivity index (χ0n) is 18.8. The summed E-state index contributed by atoms with van der Waals surface area (Å²) in [6.07, 6.45) is 0.656. The van der Waals surface area contributed by atoms with Gasteiger partial charge in [-0.1, -0.05) is 72.3 Å². The summed E-state index contributed by atoms with van der Waals surface area (Å²) in [5, 5.41) is 3.34. The second-order valence-electron chi connectivity index (χ2n) is 8.07. The van der Waals surface area contributed by atoms with E-state index >= 15 is 0 Å². The Morgan fingerprint density at radius 1 is 0.875 bits per heavy atom. The minimum Gasteiger partial charge on any atom is -0.357 e. The molecule has 166 valence electrons. The molecule has 0 saturated heterocycles. The zero-order valence-corrected chi connectivity index (χ0v) is 19.5. The Morgan fingerprint density at radius 3 is 2.25 bits per heavy atom. The number of aryl methyl sites for hydroxylation is 2. The lowest BCUT2D eigenvalue weighted by Crippen LogP contribution is -2.50. The normalized spacial score (nSPS) is 11.6. The highest BCUT2D eigenvalue weighted by Crippen LogP contribution is 2.19. The molecular weight excluding hydrogens is 420 g/mol. The van der Waals surface area contributed by atoms with Gasteiger partial charge >= 0.3 is 0 Å². The van der Waals surface area contributed by atoms with Crippen LogP contribution in [-0.2, 0) is 29.0 Å². The van der Waals surface area contributed by atoms with Crippen molar-refractivity contribution < 1.29 is 9.59 Å². The first-order valence-corrected chi connectivity index (χ1v) is 11.1. The predicted molar refractivity (Wildman–Crippen MR) is 130 cm³/mol. The van der Waals surface area contributed by atoms with Crippen molar-refractivity contribution in [3.05, 3.63) is 106 Å². The van der Waals surface area contributed by atoms with E-state index in [4.69, 9.17) is 11.6 Å². The third kappa shape index (κ3) is 6.21. The second-order valence-corrected chi connectivity index (χ2v) is 8.50. The molecule has 0 aromatic heterocycles. The molecule has 0 aliphatic carbocycles. The van der Waals surface area contributed by atoms with Gasteiger partial charge in [-0.05, 0) is 53.8 Å². The summed E-state index contributed by atoms with van der Waals surface area (Å²) in [6.45, 7) is 4.39. The summed E-state index contributed by atoms with van der Waals surface area (Å²) in [5.74, 6) is -0.290. The maximum atomic E-state index is 13.6. The van der Waals surface area contributed by atoms with Gasteiger partial charge in [0, 0.05) is 25.0 Å². The molecular formula is C27H29ClN2O2. The van der Waals surface area contributed by atoms with Crippen molar-refractivity contribution in [2.24, 2.45) is 0 Å². The van der Waals surface area contributed by atoms with Crippen molar-refractivity contribution in [3.63, 3.8) is 0 Å². The quantitative estimate of drug-likeness (QED) is 0.533. The molecule has 0 heterocycles. The Labute approximate surface area is 195 Å². The highest BCUT2D eigenvalue weighted by atomic mass is 35.5. The molecule has 1 N–H and O–H groups in total. The number of nitrogens with one attached hydrogen (secondary N) is 1. The van der Waals surface area contributed by atoms with Crippen LogP contribution < -0.4 is 5.32 Å². The third-order valence-corrected chi connectivity index (χ3v) is 5.92. The maximum absolute atomic E-state index is 13.6. The van der Waals surface area contributed by atoms with Gasteiger partial charge < -0.3 is 10.2 Å². The highest BCUT2D eigenvalue weighted by molar-refractivity contribution is 6.30. The number of halogens is 1. The van der Waals surface area contributed by atoms with E-state index in [1.165, 1.54) is 5.56 Å². The number of rotatable bonds is 8. The standard InChI is InChI=1S/C27H29ClN2O2/c1-19-12-13-22(14-20(19)2)17-26(31)30(18-23-10-7-11-24(28)15-23)25(27(32)29-3)16-21-8-5-4-6-9-21/h4-15,25H,16-18H2,1-3H3,(H,29,32). The van der Waals surface area contributed by atoms with Gasteiger partial charge in [0.2, 0.25) is 11.8 Å². The van der Waals surface area contributed by atoms with Crippen LogP contribution in [0.5, 0.6) is 0 Å². The average molecular weight is 449 g/mol. The second kappa shape index (κ2) is 11.0. The summed E-state index contributed by atoms with van der Waals surface area (Å²) in [6, 6.07) is 22.6. The molecule has 3 aromatic rings. The number of nitrogens with zero attached hydrogens (tertiary/aromatic N) is 1. The van der Waals surface area contributed by atoms with E-state index in [-0.39, 0.29) is 18.2 Å². The van der Waals surface area contributed by atoms with Gasteiger partial charge in [-0.25, -0.2) is 0 Å². The molecule has 0 saturated carbocycles. The van der Waals surface area contributed by atoms with Gasteiger partial charge in [0.15, 0.2) is 0 Å². The van der Waals surface area contributed by atoms with E-state index in [0.717, 1.165) is 22.3 Å². The van der Waals surface area contributed by atoms with Crippen LogP contribution in [0, 0.1) is 13.8 Å². The lowest BCUT2D eigenvalue weighted by Gasteiger charge is -2.31. The third-order valence-electron chi connectivity index (χ3n) is 5.69. The first kappa shape index (κ1) is 23.6. The first-order valence-electron chi connectivity index (χ1n) is 10.7. The van der Waals surface area contributed by atoms with Gasteiger partial charge in [-0.15, -0.1) is 0 Å². The first-order chi connectivity index (χ1) is 15.4. The molecule has 1 atom stereocenters. The molecule has 0 fully saturated rings. The Hall–Kier alpha value is -3.11. The van der Waals surface area contributed by atoms with Crippen LogP contribution in [-0.4, -0.2) is 29.8 Å². The molecule has 0 bridgehead atoms. The van der Waals surface area contributed by atoms with E-state index in [1.807, 2.05) is 80.6 Å². The molecule has 0 spiro atoms. The number of carbonyl (C=O) groups excluding carboxylic acids is 2. The highest BCUT2D eigenvalue weighted by Gasteiger charge is 2.29. The van der Waals surface area contributed by atoms with Crippen molar-refractivity contribution >= 4 is 23.4 Å². The van der Waals surface area contributed by atoms with Crippen molar-refractivity contribution in [3.8, 4) is 0 Å². The zero-order chi connectivity index (χ0) is 23.1. The minimum absolute atomic E-state index is 0.0993. The largest absolute Gasteiger partial charge is 0.357 e. The molecule has 0 aliphatic heterocycles. The minimum atomic E-state index is -0.638. The van der Waals surface area contributed by atoms with Crippen LogP contribution in [0.3, 0.4) is 0 Å². The van der Waals surface area contributed by atoms with Crippen molar-refractivity contribution in [2.45, 2.75) is 39.3 Å². The SMILES string of the molecule is CNC(=O)C(Cc1ccccc1)N(Cc1cccc(Cl)c1)C(=O)Cc1ccc(C)c(C)c1. The van der Waals surface area contributed by atoms with Gasteiger partial charge in [0.1, 0.15) is 6.04 Å². The molecule has 5 heteroatoms.